The maximum Gasteiger partial charge on any atom is 0.148 e. The Balaban J connectivity index is 1.75. The van der Waals surface area contributed by atoms with Gasteiger partial charge in [0.1, 0.15) is 5.82 Å². The molecule has 1 aliphatic heterocycles. The number of benzene rings is 1. The summed E-state index contributed by atoms with van der Waals surface area (Å²) in [6.45, 7) is 10.6. The van der Waals surface area contributed by atoms with Gasteiger partial charge in [0.05, 0.1) is 22.8 Å². The van der Waals surface area contributed by atoms with Crippen LogP contribution in [0.4, 0.5) is 5.82 Å². The number of aromatic nitrogens is 2. The second kappa shape index (κ2) is 6.44. The third kappa shape index (κ3) is 3.63. The number of anilines is 1. The first-order valence-corrected chi connectivity index (χ1v) is 8.54. The first-order valence-electron chi connectivity index (χ1n) is 8.54. The van der Waals surface area contributed by atoms with Gasteiger partial charge in [0.25, 0.3) is 0 Å². The van der Waals surface area contributed by atoms with Crippen molar-refractivity contribution in [3.63, 3.8) is 0 Å². The van der Waals surface area contributed by atoms with Gasteiger partial charge in [0, 0.05) is 19.1 Å². The molecule has 2 atom stereocenters. The van der Waals surface area contributed by atoms with E-state index in [1.54, 1.807) is 0 Å². The van der Waals surface area contributed by atoms with Crippen molar-refractivity contribution in [1.29, 1.82) is 0 Å². The van der Waals surface area contributed by atoms with Crippen LogP contribution in [0.15, 0.2) is 24.3 Å². The van der Waals surface area contributed by atoms with E-state index in [2.05, 4.69) is 31.1 Å². The summed E-state index contributed by atoms with van der Waals surface area (Å²) in [7, 11) is 0. The molecule has 3 rings (SSSR count). The molecule has 0 unspecified atom stereocenters. The zero-order valence-corrected chi connectivity index (χ0v) is 14.6. The molecular formula is C19H27N3O. The van der Waals surface area contributed by atoms with Crippen LogP contribution in [0.1, 0.15) is 39.3 Å². The standard InChI is InChI=1S/C19H27N3O/c1-13-18(22-16-10-6-5-9-15(16)21-13)20-12-14-8-7-11-23-17(14)19(2,3)4/h5-6,9-10,14,17H,7-8,11-12H2,1-4H3,(H,20,22)/t14-,17+/m1/s1. The minimum atomic E-state index is 0.164. The highest BCUT2D eigenvalue weighted by Gasteiger charge is 2.35. The van der Waals surface area contributed by atoms with Crippen molar-refractivity contribution >= 4 is 16.9 Å². The molecule has 1 fully saturated rings. The van der Waals surface area contributed by atoms with Crippen LogP contribution in [0.25, 0.3) is 11.0 Å². The fraction of sp³-hybridized carbons (Fsp3) is 0.579. The third-order valence-corrected chi connectivity index (χ3v) is 4.57. The van der Waals surface area contributed by atoms with Crippen molar-refractivity contribution in [1.82, 2.24) is 9.97 Å². The number of rotatable bonds is 3. The number of hydrogen-bond donors (Lipinski definition) is 1. The summed E-state index contributed by atoms with van der Waals surface area (Å²) in [6.07, 6.45) is 2.63. The summed E-state index contributed by atoms with van der Waals surface area (Å²) in [4.78, 5) is 9.38. The molecule has 1 saturated heterocycles. The van der Waals surface area contributed by atoms with Gasteiger partial charge in [0.15, 0.2) is 0 Å². The van der Waals surface area contributed by atoms with Crippen molar-refractivity contribution < 1.29 is 4.74 Å². The second-order valence-electron chi connectivity index (χ2n) is 7.59. The third-order valence-electron chi connectivity index (χ3n) is 4.57. The zero-order chi connectivity index (χ0) is 16.4. The van der Waals surface area contributed by atoms with Gasteiger partial charge in [-0.3, -0.25) is 0 Å². The van der Waals surface area contributed by atoms with Crippen LogP contribution in [0.3, 0.4) is 0 Å². The van der Waals surface area contributed by atoms with Gasteiger partial charge in [-0.05, 0) is 37.3 Å². The molecule has 0 bridgehead atoms. The molecule has 1 aromatic heterocycles. The van der Waals surface area contributed by atoms with E-state index in [9.17, 15) is 0 Å². The van der Waals surface area contributed by atoms with Crippen molar-refractivity contribution in [3.8, 4) is 0 Å². The molecule has 1 N–H and O–H groups in total. The molecule has 23 heavy (non-hydrogen) atoms. The molecule has 0 spiro atoms. The topological polar surface area (TPSA) is 47.0 Å². The van der Waals surface area contributed by atoms with Crippen LogP contribution in [0, 0.1) is 18.3 Å². The van der Waals surface area contributed by atoms with Crippen LogP contribution in [0.2, 0.25) is 0 Å². The Labute approximate surface area is 138 Å². The first kappa shape index (κ1) is 16.2. The summed E-state index contributed by atoms with van der Waals surface area (Å²) < 4.78 is 6.07. The quantitative estimate of drug-likeness (QED) is 0.923. The maximum atomic E-state index is 6.07. The van der Waals surface area contributed by atoms with Gasteiger partial charge < -0.3 is 10.1 Å². The molecule has 0 saturated carbocycles. The van der Waals surface area contributed by atoms with Gasteiger partial charge in [-0.25, -0.2) is 9.97 Å². The molecular weight excluding hydrogens is 286 g/mol. The number of fused-ring (bicyclic) bond motifs is 1. The summed E-state index contributed by atoms with van der Waals surface area (Å²) in [6, 6.07) is 8.01. The van der Waals surface area contributed by atoms with E-state index in [-0.39, 0.29) is 11.5 Å². The normalized spacial score (nSPS) is 22.3. The predicted octanol–water partition coefficient (Wildman–Crippen LogP) is 4.19. The molecule has 0 radical (unpaired) electrons. The van der Waals surface area contributed by atoms with Gasteiger partial charge in [-0.15, -0.1) is 0 Å². The number of ether oxygens (including phenoxy) is 1. The van der Waals surface area contributed by atoms with E-state index in [1.807, 2.05) is 31.2 Å². The Morgan fingerprint density at radius 2 is 1.87 bits per heavy atom. The largest absolute Gasteiger partial charge is 0.377 e. The minimum absolute atomic E-state index is 0.164. The summed E-state index contributed by atoms with van der Waals surface area (Å²) in [5.74, 6) is 1.40. The average Bonchev–Trinajstić information content (AvgIpc) is 2.52. The Morgan fingerprint density at radius 3 is 2.57 bits per heavy atom. The monoisotopic (exact) mass is 313 g/mol. The molecule has 4 heteroatoms. The molecule has 1 aromatic carbocycles. The predicted molar refractivity (Wildman–Crippen MR) is 94.7 cm³/mol. The lowest BCUT2D eigenvalue weighted by Gasteiger charge is -2.40. The zero-order valence-electron chi connectivity index (χ0n) is 14.6. The van der Waals surface area contributed by atoms with E-state index < -0.39 is 0 Å². The first-order chi connectivity index (χ1) is 10.9. The average molecular weight is 313 g/mol. The Bertz CT molecular complexity index is 678. The van der Waals surface area contributed by atoms with Crippen molar-refractivity contribution in [2.24, 2.45) is 11.3 Å². The summed E-state index contributed by atoms with van der Waals surface area (Å²) >= 11 is 0. The van der Waals surface area contributed by atoms with Crippen LogP contribution < -0.4 is 5.32 Å². The molecule has 2 aromatic rings. The van der Waals surface area contributed by atoms with Crippen molar-refractivity contribution in [3.05, 3.63) is 30.0 Å². The van der Waals surface area contributed by atoms with Crippen LogP contribution in [-0.4, -0.2) is 29.2 Å². The van der Waals surface area contributed by atoms with E-state index in [0.29, 0.717) is 5.92 Å². The highest BCUT2D eigenvalue weighted by atomic mass is 16.5. The Hall–Kier alpha value is -1.68. The molecule has 2 heterocycles. The lowest BCUT2D eigenvalue weighted by Crippen LogP contribution is -2.42. The Morgan fingerprint density at radius 1 is 1.17 bits per heavy atom. The molecule has 124 valence electrons. The maximum absolute atomic E-state index is 6.07. The van der Waals surface area contributed by atoms with Crippen LogP contribution in [-0.2, 0) is 4.74 Å². The lowest BCUT2D eigenvalue weighted by molar-refractivity contribution is -0.0814. The molecule has 4 nitrogen and oxygen atoms in total. The van der Waals surface area contributed by atoms with E-state index in [0.717, 1.165) is 42.1 Å². The molecule has 1 aliphatic rings. The SMILES string of the molecule is Cc1nc2ccccc2nc1NC[C@H]1CCCO[C@@H]1C(C)(C)C. The van der Waals surface area contributed by atoms with E-state index in [4.69, 9.17) is 9.72 Å². The van der Waals surface area contributed by atoms with E-state index >= 15 is 0 Å². The van der Waals surface area contributed by atoms with Gasteiger partial charge in [-0.2, -0.15) is 0 Å². The summed E-state index contributed by atoms with van der Waals surface area (Å²) in [5, 5.41) is 3.52. The van der Waals surface area contributed by atoms with E-state index in [1.165, 1.54) is 6.42 Å². The number of hydrogen-bond acceptors (Lipinski definition) is 4. The smallest absolute Gasteiger partial charge is 0.148 e. The Kier molecular flexibility index (Phi) is 4.53. The molecule has 0 aliphatic carbocycles. The minimum Gasteiger partial charge on any atom is -0.377 e. The highest BCUT2D eigenvalue weighted by Crippen LogP contribution is 2.34. The number of nitrogens with zero attached hydrogens (tertiary/aromatic N) is 2. The van der Waals surface area contributed by atoms with Crippen molar-refractivity contribution in [2.75, 3.05) is 18.5 Å². The van der Waals surface area contributed by atoms with Crippen LogP contribution >= 0.6 is 0 Å². The summed E-state index contributed by atoms with van der Waals surface area (Å²) in [5.41, 5.74) is 3.00. The second-order valence-corrected chi connectivity index (χ2v) is 7.59. The van der Waals surface area contributed by atoms with Gasteiger partial charge in [0.2, 0.25) is 0 Å². The highest BCUT2D eigenvalue weighted by molar-refractivity contribution is 5.76. The number of aryl methyl sites for hydroxylation is 1. The lowest BCUT2D eigenvalue weighted by atomic mass is 9.78. The van der Waals surface area contributed by atoms with Crippen molar-refractivity contribution in [2.45, 2.75) is 46.6 Å². The fourth-order valence-electron chi connectivity index (χ4n) is 3.49. The van der Waals surface area contributed by atoms with Gasteiger partial charge >= 0.3 is 0 Å². The van der Waals surface area contributed by atoms with Crippen LogP contribution in [0.5, 0.6) is 0 Å². The number of para-hydroxylation sites is 2. The molecule has 0 amide bonds. The van der Waals surface area contributed by atoms with Gasteiger partial charge in [-0.1, -0.05) is 32.9 Å². The fourth-order valence-corrected chi connectivity index (χ4v) is 3.49. The number of nitrogens with one attached hydrogen (secondary N) is 1.